The van der Waals surface area contributed by atoms with Crippen LogP contribution in [0.3, 0.4) is 0 Å². The van der Waals surface area contributed by atoms with Gasteiger partial charge in [0.1, 0.15) is 0 Å². The predicted octanol–water partition coefficient (Wildman–Crippen LogP) is 0.630. The Bertz CT molecular complexity index is 186. The van der Waals surface area contributed by atoms with Gasteiger partial charge in [0.15, 0.2) is 0 Å². The fourth-order valence-electron chi connectivity index (χ4n) is 1.53. The summed E-state index contributed by atoms with van der Waals surface area (Å²) in [6, 6.07) is -0.551. The molecule has 0 saturated carbocycles. The molecule has 14 heavy (non-hydrogen) atoms. The number of hydrogen-bond donors (Lipinski definition) is 1. The summed E-state index contributed by atoms with van der Waals surface area (Å²) >= 11 is 0. The van der Waals surface area contributed by atoms with Gasteiger partial charge < -0.3 is 9.84 Å². The summed E-state index contributed by atoms with van der Waals surface area (Å²) in [5.74, 6) is 0. The normalized spacial score (nSPS) is 29.6. The van der Waals surface area contributed by atoms with E-state index in [0.717, 1.165) is 4.90 Å². The Balaban J connectivity index is 2.46. The Morgan fingerprint density at radius 2 is 2.14 bits per heavy atom. The second-order valence-corrected chi connectivity index (χ2v) is 3.53. The Morgan fingerprint density at radius 1 is 1.50 bits per heavy atom. The van der Waals surface area contributed by atoms with Gasteiger partial charge in [0.05, 0.1) is 25.3 Å². The summed E-state index contributed by atoms with van der Waals surface area (Å²) < 4.78 is 41.1. The first-order chi connectivity index (χ1) is 6.40. The van der Waals surface area contributed by atoms with Gasteiger partial charge >= 0.3 is 6.18 Å². The molecule has 0 amide bonds. The van der Waals surface area contributed by atoms with Gasteiger partial charge in [0.25, 0.3) is 0 Å². The van der Waals surface area contributed by atoms with Gasteiger partial charge in [-0.3, -0.25) is 4.90 Å². The fourth-order valence-corrected chi connectivity index (χ4v) is 1.53. The largest absolute Gasteiger partial charge is 0.401 e. The van der Waals surface area contributed by atoms with Gasteiger partial charge in [-0.2, -0.15) is 13.2 Å². The molecule has 1 aliphatic heterocycles. The molecular formula is C8H14F3NO2. The van der Waals surface area contributed by atoms with Crippen molar-refractivity contribution in [3.8, 4) is 0 Å². The van der Waals surface area contributed by atoms with Crippen LogP contribution in [0.5, 0.6) is 0 Å². The number of halogens is 3. The summed E-state index contributed by atoms with van der Waals surface area (Å²) in [6.07, 6.45) is -4.56. The van der Waals surface area contributed by atoms with E-state index >= 15 is 0 Å². The number of nitrogens with zero attached hydrogens (tertiary/aromatic N) is 1. The van der Waals surface area contributed by atoms with E-state index in [1.807, 2.05) is 0 Å². The van der Waals surface area contributed by atoms with Gasteiger partial charge in [0.2, 0.25) is 0 Å². The number of aliphatic hydroxyl groups is 1. The van der Waals surface area contributed by atoms with Crippen LogP contribution in [0.1, 0.15) is 6.42 Å². The lowest BCUT2D eigenvalue weighted by molar-refractivity contribution is -0.160. The lowest BCUT2D eigenvalue weighted by Crippen LogP contribution is -2.50. The van der Waals surface area contributed by atoms with E-state index in [2.05, 4.69) is 0 Å². The van der Waals surface area contributed by atoms with E-state index < -0.39 is 24.9 Å². The molecule has 0 bridgehead atoms. The van der Waals surface area contributed by atoms with Crippen LogP contribution in [-0.4, -0.2) is 55.1 Å². The summed E-state index contributed by atoms with van der Waals surface area (Å²) in [5, 5.41) is 9.45. The first kappa shape index (κ1) is 11.7. The maximum absolute atomic E-state index is 12.0. The van der Waals surface area contributed by atoms with Crippen LogP contribution in [0.2, 0.25) is 0 Å². The molecule has 1 fully saturated rings. The van der Waals surface area contributed by atoms with Crippen LogP contribution in [0.15, 0.2) is 0 Å². The molecule has 2 unspecified atom stereocenters. The number of rotatable bonds is 2. The number of likely N-dealkylation sites (N-methyl/N-ethyl adjacent to an activating group) is 1. The molecule has 0 aromatic rings. The van der Waals surface area contributed by atoms with Gasteiger partial charge in [-0.25, -0.2) is 0 Å². The third kappa shape index (κ3) is 3.43. The Kier molecular flexibility index (Phi) is 3.74. The molecule has 0 spiro atoms. The van der Waals surface area contributed by atoms with Gasteiger partial charge in [0, 0.05) is 6.61 Å². The molecule has 1 N–H and O–H groups in total. The van der Waals surface area contributed by atoms with E-state index in [9.17, 15) is 18.3 Å². The Hall–Kier alpha value is -0.330. The molecule has 0 aromatic carbocycles. The maximum Gasteiger partial charge on any atom is 0.401 e. The van der Waals surface area contributed by atoms with Gasteiger partial charge in [-0.1, -0.05) is 0 Å². The molecule has 0 aliphatic carbocycles. The smallest absolute Gasteiger partial charge is 0.391 e. The zero-order chi connectivity index (χ0) is 10.8. The Morgan fingerprint density at radius 3 is 2.64 bits per heavy atom. The van der Waals surface area contributed by atoms with E-state index in [1.54, 1.807) is 0 Å². The first-order valence-electron chi connectivity index (χ1n) is 4.43. The van der Waals surface area contributed by atoms with Crippen molar-refractivity contribution in [2.45, 2.75) is 24.7 Å². The molecule has 1 saturated heterocycles. The van der Waals surface area contributed by atoms with E-state index in [0.29, 0.717) is 13.0 Å². The minimum Gasteiger partial charge on any atom is -0.391 e. The quantitative estimate of drug-likeness (QED) is 0.730. The van der Waals surface area contributed by atoms with Crippen molar-refractivity contribution in [1.29, 1.82) is 0 Å². The van der Waals surface area contributed by atoms with Crippen molar-refractivity contribution >= 4 is 0 Å². The second-order valence-electron chi connectivity index (χ2n) is 3.53. The third-order valence-electron chi connectivity index (χ3n) is 2.29. The third-order valence-corrected chi connectivity index (χ3v) is 2.29. The molecule has 0 aromatic heterocycles. The molecule has 2 atom stereocenters. The van der Waals surface area contributed by atoms with Crippen molar-refractivity contribution < 1.29 is 23.0 Å². The van der Waals surface area contributed by atoms with Crippen LogP contribution >= 0.6 is 0 Å². The minimum atomic E-state index is -4.23. The fraction of sp³-hybridized carbons (Fsp3) is 1.00. The topological polar surface area (TPSA) is 32.7 Å². The highest BCUT2D eigenvalue weighted by molar-refractivity contribution is 4.81. The zero-order valence-corrected chi connectivity index (χ0v) is 7.92. The first-order valence-corrected chi connectivity index (χ1v) is 4.43. The summed E-state index contributed by atoms with van der Waals surface area (Å²) in [5.41, 5.74) is 0. The number of aliphatic hydroxyl groups excluding tert-OH is 1. The van der Waals surface area contributed by atoms with Crippen LogP contribution in [0.4, 0.5) is 13.2 Å². The molecule has 1 heterocycles. The maximum atomic E-state index is 12.0. The van der Waals surface area contributed by atoms with Crippen molar-refractivity contribution in [2.24, 2.45) is 0 Å². The van der Waals surface area contributed by atoms with Crippen molar-refractivity contribution in [1.82, 2.24) is 4.90 Å². The van der Waals surface area contributed by atoms with Gasteiger partial charge in [-0.05, 0) is 13.5 Å². The monoisotopic (exact) mass is 213 g/mol. The summed E-state index contributed by atoms with van der Waals surface area (Å²) in [4.78, 5) is 1.09. The highest BCUT2D eigenvalue weighted by Gasteiger charge is 2.35. The van der Waals surface area contributed by atoms with Crippen molar-refractivity contribution in [3.63, 3.8) is 0 Å². The average Bonchev–Trinajstić information content (AvgIpc) is 2.01. The van der Waals surface area contributed by atoms with Crippen LogP contribution in [-0.2, 0) is 4.74 Å². The van der Waals surface area contributed by atoms with E-state index in [4.69, 9.17) is 4.74 Å². The zero-order valence-electron chi connectivity index (χ0n) is 7.92. The SMILES string of the molecule is CN(CC(F)(F)F)C1COCCC1O. The van der Waals surface area contributed by atoms with Crippen LogP contribution < -0.4 is 0 Å². The number of ether oxygens (including phenoxy) is 1. The highest BCUT2D eigenvalue weighted by Crippen LogP contribution is 2.20. The van der Waals surface area contributed by atoms with Crippen molar-refractivity contribution in [3.05, 3.63) is 0 Å². The van der Waals surface area contributed by atoms with Crippen LogP contribution in [0, 0.1) is 0 Å². The summed E-state index contributed by atoms with van der Waals surface area (Å²) in [6.45, 7) is -0.441. The second kappa shape index (κ2) is 4.46. The molecular weight excluding hydrogens is 199 g/mol. The highest BCUT2D eigenvalue weighted by atomic mass is 19.4. The molecule has 3 nitrogen and oxygen atoms in total. The van der Waals surface area contributed by atoms with E-state index in [1.165, 1.54) is 7.05 Å². The van der Waals surface area contributed by atoms with E-state index in [-0.39, 0.29) is 6.61 Å². The molecule has 1 aliphatic rings. The van der Waals surface area contributed by atoms with Gasteiger partial charge in [-0.15, -0.1) is 0 Å². The minimum absolute atomic E-state index is 0.160. The number of hydrogen-bond acceptors (Lipinski definition) is 3. The standard InChI is InChI=1S/C8H14F3NO2/c1-12(5-8(9,10)11)6-4-14-3-2-7(6)13/h6-7,13H,2-5H2,1H3. The lowest BCUT2D eigenvalue weighted by atomic mass is 10.1. The average molecular weight is 213 g/mol. The molecule has 84 valence electrons. The number of alkyl halides is 3. The lowest BCUT2D eigenvalue weighted by Gasteiger charge is -2.35. The summed E-state index contributed by atoms with van der Waals surface area (Å²) in [7, 11) is 1.34. The Labute approximate surface area is 80.5 Å². The molecule has 1 rings (SSSR count). The molecule has 0 radical (unpaired) electrons. The van der Waals surface area contributed by atoms with Crippen molar-refractivity contribution in [2.75, 3.05) is 26.8 Å². The van der Waals surface area contributed by atoms with Crippen LogP contribution in [0.25, 0.3) is 0 Å². The molecule has 6 heteroatoms. The predicted molar refractivity (Wildman–Crippen MR) is 43.9 cm³/mol.